The van der Waals surface area contributed by atoms with E-state index in [1.807, 2.05) is 0 Å². The molecule has 2 aliphatic rings. The van der Waals surface area contributed by atoms with E-state index in [4.69, 9.17) is 4.74 Å². The van der Waals surface area contributed by atoms with Gasteiger partial charge in [-0.3, -0.25) is 4.79 Å². The van der Waals surface area contributed by atoms with Crippen LogP contribution in [0, 0.1) is 0 Å². The van der Waals surface area contributed by atoms with Crippen molar-refractivity contribution in [1.29, 1.82) is 0 Å². The predicted octanol–water partition coefficient (Wildman–Crippen LogP) is 3.42. The van der Waals surface area contributed by atoms with Crippen LogP contribution >= 0.6 is 11.8 Å². The Morgan fingerprint density at radius 1 is 1.04 bits per heavy atom. The van der Waals surface area contributed by atoms with Gasteiger partial charge in [0.25, 0.3) is 0 Å². The maximum Gasteiger partial charge on any atom is 0.230 e. The van der Waals surface area contributed by atoms with Crippen LogP contribution < -0.4 is 10.2 Å². The molecular formula is C22H26N2O2S. The number of anilines is 1. The number of benzene rings is 2. The maximum absolute atomic E-state index is 12.2. The summed E-state index contributed by atoms with van der Waals surface area (Å²) in [6.07, 6.45) is 3.63. The summed E-state index contributed by atoms with van der Waals surface area (Å²) >= 11 is 1.62. The number of rotatable bonds is 6. The van der Waals surface area contributed by atoms with E-state index in [9.17, 15) is 4.79 Å². The second-order valence-corrected chi connectivity index (χ2v) is 8.16. The number of ether oxygens (including phenoxy) is 1. The third-order valence-electron chi connectivity index (χ3n) is 5.24. The van der Waals surface area contributed by atoms with Crippen molar-refractivity contribution in [3.8, 4) is 0 Å². The maximum atomic E-state index is 12.2. The molecule has 4 nitrogen and oxygen atoms in total. The Labute approximate surface area is 165 Å². The van der Waals surface area contributed by atoms with E-state index >= 15 is 0 Å². The molecule has 2 aromatic carbocycles. The molecule has 0 aromatic heterocycles. The van der Waals surface area contributed by atoms with Crippen LogP contribution in [-0.2, 0) is 28.9 Å². The van der Waals surface area contributed by atoms with Gasteiger partial charge in [0.2, 0.25) is 5.91 Å². The first-order valence-corrected chi connectivity index (χ1v) is 10.7. The van der Waals surface area contributed by atoms with Crippen molar-refractivity contribution in [1.82, 2.24) is 5.32 Å². The van der Waals surface area contributed by atoms with Crippen LogP contribution in [0.1, 0.15) is 23.1 Å². The molecule has 1 heterocycles. The van der Waals surface area contributed by atoms with Crippen LogP contribution in [0.3, 0.4) is 0 Å². The van der Waals surface area contributed by atoms with E-state index in [1.54, 1.807) is 11.8 Å². The molecule has 0 bridgehead atoms. The van der Waals surface area contributed by atoms with Crippen molar-refractivity contribution >= 4 is 23.4 Å². The normalized spacial score (nSPS) is 16.2. The van der Waals surface area contributed by atoms with E-state index in [1.165, 1.54) is 41.0 Å². The van der Waals surface area contributed by atoms with E-state index in [-0.39, 0.29) is 5.91 Å². The average molecular weight is 383 g/mol. The third-order valence-corrected chi connectivity index (χ3v) is 6.24. The van der Waals surface area contributed by atoms with E-state index < -0.39 is 0 Å². The highest BCUT2D eigenvalue weighted by Gasteiger charge is 2.12. The summed E-state index contributed by atoms with van der Waals surface area (Å²) in [5.74, 6) is 0.544. The predicted molar refractivity (Wildman–Crippen MR) is 111 cm³/mol. The van der Waals surface area contributed by atoms with E-state index in [2.05, 4.69) is 52.7 Å². The number of aryl methyl sites for hydroxylation is 2. The quantitative estimate of drug-likeness (QED) is 0.778. The summed E-state index contributed by atoms with van der Waals surface area (Å²) in [6, 6.07) is 15.1. The summed E-state index contributed by atoms with van der Waals surface area (Å²) in [7, 11) is 0. The lowest BCUT2D eigenvalue weighted by Crippen LogP contribution is -2.36. The molecule has 1 saturated heterocycles. The number of fused-ring (bicyclic) bond motifs is 1. The first-order chi connectivity index (χ1) is 13.3. The monoisotopic (exact) mass is 382 g/mol. The molecule has 5 heteroatoms. The summed E-state index contributed by atoms with van der Waals surface area (Å²) in [6.45, 7) is 4.04. The lowest BCUT2D eigenvalue weighted by atomic mass is 10.1. The number of thioether (sulfide) groups is 1. The minimum Gasteiger partial charge on any atom is -0.378 e. The smallest absolute Gasteiger partial charge is 0.230 e. The molecule has 1 aliphatic carbocycles. The van der Waals surface area contributed by atoms with Crippen molar-refractivity contribution in [3.05, 3.63) is 59.2 Å². The van der Waals surface area contributed by atoms with Gasteiger partial charge < -0.3 is 15.0 Å². The average Bonchev–Trinajstić information content (AvgIpc) is 3.19. The molecule has 27 heavy (non-hydrogen) atoms. The SMILES string of the molecule is O=C(CSc1ccc2c(c1)CCC2)NCc1ccc(N2CCOCC2)cc1. The van der Waals surface area contributed by atoms with Gasteiger partial charge >= 0.3 is 0 Å². The fourth-order valence-electron chi connectivity index (χ4n) is 3.68. The van der Waals surface area contributed by atoms with Crippen LogP contribution in [0.15, 0.2) is 47.4 Å². The second-order valence-electron chi connectivity index (χ2n) is 7.12. The summed E-state index contributed by atoms with van der Waals surface area (Å²) in [4.78, 5) is 15.7. The first kappa shape index (κ1) is 18.4. The van der Waals surface area contributed by atoms with Gasteiger partial charge in [-0.2, -0.15) is 0 Å². The number of hydrogen-bond donors (Lipinski definition) is 1. The largest absolute Gasteiger partial charge is 0.378 e. The molecule has 1 amide bonds. The first-order valence-electron chi connectivity index (χ1n) is 9.71. The van der Waals surface area contributed by atoms with Gasteiger partial charge in [-0.1, -0.05) is 18.2 Å². The fourth-order valence-corrected chi connectivity index (χ4v) is 4.47. The topological polar surface area (TPSA) is 41.6 Å². The van der Waals surface area contributed by atoms with Gasteiger partial charge in [-0.25, -0.2) is 0 Å². The molecule has 0 saturated carbocycles. The minimum absolute atomic E-state index is 0.0813. The van der Waals surface area contributed by atoms with Crippen LogP contribution in [0.4, 0.5) is 5.69 Å². The highest BCUT2D eigenvalue weighted by molar-refractivity contribution is 8.00. The molecular weight excluding hydrogens is 356 g/mol. The molecule has 0 spiro atoms. The van der Waals surface area contributed by atoms with Gasteiger partial charge in [0.05, 0.1) is 19.0 Å². The zero-order chi connectivity index (χ0) is 18.5. The Bertz CT molecular complexity index is 785. The van der Waals surface area contributed by atoms with Gasteiger partial charge in [-0.15, -0.1) is 11.8 Å². The molecule has 0 unspecified atom stereocenters. The van der Waals surface area contributed by atoms with Crippen molar-refractivity contribution in [3.63, 3.8) is 0 Å². The Balaban J connectivity index is 1.23. The lowest BCUT2D eigenvalue weighted by Gasteiger charge is -2.28. The number of morpholine rings is 1. The molecule has 1 fully saturated rings. The van der Waals surface area contributed by atoms with Gasteiger partial charge in [0, 0.05) is 30.2 Å². The number of amides is 1. The molecule has 0 atom stereocenters. The molecule has 0 radical (unpaired) electrons. The fraction of sp³-hybridized carbons (Fsp3) is 0.409. The minimum atomic E-state index is 0.0813. The highest BCUT2D eigenvalue weighted by atomic mass is 32.2. The highest BCUT2D eigenvalue weighted by Crippen LogP contribution is 2.27. The third kappa shape index (κ3) is 4.85. The Morgan fingerprint density at radius 2 is 1.81 bits per heavy atom. The number of nitrogens with one attached hydrogen (secondary N) is 1. The Morgan fingerprint density at radius 3 is 2.63 bits per heavy atom. The molecule has 2 aromatic rings. The van der Waals surface area contributed by atoms with Crippen molar-refractivity contribution in [2.75, 3.05) is 37.0 Å². The number of carbonyl (C=O) groups excluding carboxylic acids is 1. The van der Waals surface area contributed by atoms with Gasteiger partial charge in [0.1, 0.15) is 0 Å². The van der Waals surface area contributed by atoms with Gasteiger partial charge in [0.15, 0.2) is 0 Å². The Hall–Kier alpha value is -1.98. The molecule has 1 aliphatic heterocycles. The van der Waals surface area contributed by atoms with Crippen molar-refractivity contribution < 1.29 is 9.53 Å². The summed E-state index contributed by atoms with van der Waals surface area (Å²) in [5, 5.41) is 3.03. The summed E-state index contributed by atoms with van der Waals surface area (Å²) < 4.78 is 5.40. The summed E-state index contributed by atoms with van der Waals surface area (Å²) in [5.41, 5.74) is 5.29. The Kier molecular flexibility index (Phi) is 6.00. The van der Waals surface area contributed by atoms with E-state index in [0.717, 1.165) is 31.9 Å². The molecule has 4 rings (SSSR count). The zero-order valence-electron chi connectivity index (χ0n) is 15.6. The van der Waals surface area contributed by atoms with Crippen LogP contribution in [0.5, 0.6) is 0 Å². The number of carbonyl (C=O) groups is 1. The zero-order valence-corrected chi connectivity index (χ0v) is 16.4. The van der Waals surface area contributed by atoms with Crippen LogP contribution in [0.25, 0.3) is 0 Å². The molecule has 142 valence electrons. The van der Waals surface area contributed by atoms with Crippen LogP contribution in [-0.4, -0.2) is 38.0 Å². The van der Waals surface area contributed by atoms with E-state index in [0.29, 0.717) is 12.3 Å². The molecule has 1 N–H and O–H groups in total. The van der Waals surface area contributed by atoms with Crippen LogP contribution in [0.2, 0.25) is 0 Å². The number of nitrogens with zero attached hydrogens (tertiary/aromatic N) is 1. The van der Waals surface area contributed by atoms with Gasteiger partial charge in [-0.05, 0) is 60.2 Å². The van der Waals surface area contributed by atoms with Crippen molar-refractivity contribution in [2.24, 2.45) is 0 Å². The standard InChI is InChI=1S/C22H26N2O2S/c25-22(16-27-21-9-6-18-2-1-3-19(18)14-21)23-15-17-4-7-20(8-5-17)24-10-12-26-13-11-24/h4-9,14H,1-3,10-13,15-16H2,(H,23,25). The second kappa shape index (κ2) is 8.81. The van der Waals surface area contributed by atoms with Crippen molar-refractivity contribution in [2.45, 2.75) is 30.7 Å². The lowest BCUT2D eigenvalue weighted by molar-refractivity contribution is -0.118. The number of hydrogen-bond acceptors (Lipinski definition) is 4.